The second-order valence-corrected chi connectivity index (χ2v) is 3.37. The fraction of sp³-hybridized carbons (Fsp3) is 0. The first-order valence-electron chi connectivity index (χ1n) is 4.19. The molecule has 0 nitrogen and oxygen atoms in total. The quantitative estimate of drug-likeness (QED) is 0.662. The van der Waals surface area contributed by atoms with Crippen LogP contribution in [-0.4, -0.2) is 0 Å². The molecule has 0 atom stereocenters. The van der Waals surface area contributed by atoms with Gasteiger partial charge in [-0.1, -0.05) is 29.8 Å². The summed E-state index contributed by atoms with van der Waals surface area (Å²) in [6.07, 6.45) is 0. The van der Waals surface area contributed by atoms with Crippen molar-refractivity contribution >= 4 is 11.6 Å². The van der Waals surface area contributed by atoms with E-state index in [1.807, 2.05) is 6.07 Å². The lowest BCUT2D eigenvalue weighted by Crippen LogP contribution is -1.79. The summed E-state index contributed by atoms with van der Waals surface area (Å²) in [5.41, 5.74) is 1.59. The fourth-order valence-corrected chi connectivity index (χ4v) is 1.43. The van der Waals surface area contributed by atoms with Gasteiger partial charge >= 0.3 is 0 Å². The van der Waals surface area contributed by atoms with E-state index in [1.165, 1.54) is 12.1 Å². The van der Waals surface area contributed by atoms with Gasteiger partial charge < -0.3 is 0 Å². The third kappa shape index (κ3) is 1.94. The van der Waals surface area contributed by atoms with E-state index >= 15 is 0 Å². The normalized spacial score (nSPS) is 10.1. The van der Waals surface area contributed by atoms with Gasteiger partial charge in [-0.3, -0.25) is 0 Å². The molecule has 1 radical (unpaired) electrons. The smallest absolute Gasteiger partial charge is 0.123 e. The molecule has 0 spiro atoms. The van der Waals surface area contributed by atoms with E-state index in [0.29, 0.717) is 5.02 Å². The van der Waals surface area contributed by atoms with Crippen LogP contribution in [0, 0.1) is 11.9 Å². The van der Waals surface area contributed by atoms with Crippen molar-refractivity contribution in [1.29, 1.82) is 0 Å². The summed E-state index contributed by atoms with van der Waals surface area (Å²) in [7, 11) is 0. The summed E-state index contributed by atoms with van der Waals surface area (Å²) < 4.78 is 12.9. The minimum Gasteiger partial charge on any atom is -0.207 e. The van der Waals surface area contributed by atoms with Crippen molar-refractivity contribution in [3.05, 3.63) is 59.4 Å². The highest BCUT2D eigenvalue weighted by molar-refractivity contribution is 6.30. The molecular weight excluding hydrogens is 199 g/mol. The SMILES string of the molecule is Fc1cccc(-c2[c]ccc(Cl)c2)c1. The van der Waals surface area contributed by atoms with Crippen molar-refractivity contribution in [2.75, 3.05) is 0 Å². The maximum atomic E-state index is 12.9. The van der Waals surface area contributed by atoms with Crippen LogP contribution in [0.2, 0.25) is 5.02 Å². The highest BCUT2D eigenvalue weighted by Crippen LogP contribution is 2.22. The number of halogens is 2. The molecule has 69 valence electrons. The van der Waals surface area contributed by atoms with E-state index in [1.54, 1.807) is 24.3 Å². The molecule has 0 aromatic heterocycles. The van der Waals surface area contributed by atoms with Crippen molar-refractivity contribution in [3.8, 4) is 11.1 Å². The van der Waals surface area contributed by atoms with Crippen molar-refractivity contribution in [3.63, 3.8) is 0 Å². The first-order valence-corrected chi connectivity index (χ1v) is 4.57. The lowest BCUT2D eigenvalue weighted by Gasteiger charge is -2.01. The Labute approximate surface area is 87.0 Å². The van der Waals surface area contributed by atoms with E-state index in [2.05, 4.69) is 6.07 Å². The van der Waals surface area contributed by atoms with Crippen molar-refractivity contribution < 1.29 is 4.39 Å². The minimum absolute atomic E-state index is 0.254. The lowest BCUT2D eigenvalue weighted by atomic mass is 10.1. The molecule has 0 fully saturated rings. The predicted octanol–water partition coefficient (Wildman–Crippen LogP) is 3.95. The monoisotopic (exact) mass is 205 g/mol. The molecule has 0 aliphatic heterocycles. The molecular formula is C12H7ClF. The Morgan fingerprint density at radius 2 is 2.00 bits per heavy atom. The molecule has 2 aromatic carbocycles. The first kappa shape index (κ1) is 9.22. The van der Waals surface area contributed by atoms with E-state index in [9.17, 15) is 4.39 Å². The Morgan fingerprint density at radius 1 is 1.14 bits per heavy atom. The van der Waals surface area contributed by atoms with Crippen molar-refractivity contribution in [2.45, 2.75) is 0 Å². The second kappa shape index (κ2) is 3.81. The van der Waals surface area contributed by atoms with Crippen molar-refractivity contribution in [1.82, 2.24) is 0 Å². The van der Waals surface area contributed by atoms with Gasteiger partial charge in [0.15, 0.2) is 0 Å². The molecule has 2 aromatic rings. The van der Waals surface area contributed by atoms with E-state index in [4.69, 9.17) is 11.6 Å². The first-order chi connectivity index (χ1) is 6.75. The molecule has 0 N–H and O–H groups in total. The van der Waals surface area contributed by atoms with Crippen LogP contribution in [0.1, 0.15) is 0 Å². The number of hydrogen-bond acceptors (Lipinski definition) is 0. The third-order valence-corrected chi connectivity index (χ3v) is 2.13. The van der Waals surface area contributed by atoms with Crippen LogP contribution in [0.5, 0.6) is 0 Å². The molecule has 0 aliphatic rings. The Hall–Kier alpha value is -1.34. The van der Waals surface area contributed by atoms with Crippen molar-refractivity contribution in [2.24, 2.45) is 0 Å². The van der Waals surface area contributed by atoms with Gasteiger partial charge in [0.25, 0.3) is 0 Å². The average Bonchev–Trinajstić information content (AvgIpc) is 2.18. The van der Waals surface area contributed by atoms with Crippen LogP contribution in [0.4, 0.5) is 4.39 Å². The van der Waals surface area contributed by atoms with Crippen LogP contribution in [0.3, 0.4) is 0 Å². The van der Waals surface area contributed by atoms with Crippen LogP contribution < -0.4 is 0 Å². The maximum absolute atomic E-state index is 12.9. The lowest BCUT2D eigenvalue weighted by molar-refractivity contribution is 0.628. The Morgan fingerprint density at radius 3 is 2.71 bits per heavy atom. The van der Waals surface area contributed by atoms with Gasteiger partial charge in [-0.25, -0.2) is 4.39 Å². The topological polar surface area (TPSA) is 0 Å². The maximum Gasteiger partial charge on any atom is 0.123 e. The van der Waals surface area contributed by atoms with Gasteiger partial charge in [0.05, 0.1) is 0 Å². The van der Waals surface area contributed by atoms with Gasteiger partial charge in [0.2, 0.25) is 0 Å². The Kier molecular flexibility index (Phi) is 2.51. The molecule has 14 heavy (non-hydrogen) atoms. The molecule has 0 saturated carbocycles. The third-order valence-electron chi connectivity index (χ3n) is 1.90. The van der Waals surface area contributed by atoms with Crippen LogP contribution in [-0.2, 0) is 0 Å². The van der Waals surface area contributed by atoms with Gasteiger partial charge in [-0.05, 0) is 41.5 Å². The molecule has 2 heteroatoms. The van der Waals surface area contributed by atoms with Crippen LogP contribution in [0.25, 0.3) is 11.1 Å². The molecule has 0 saturated heterocycles. The summed E-state index contributed by atoms with van der Waals surface area (Å²) >= 11 is 5.82. The van der Waals surface area contributed by atoms with Gasteiger partial charge in [-0.2, -0.15) is 0 Å². The van der Waals surface area contributed by atoms with E-state index < -0.39 is 0 Å². The van der Waals surface area contributed by atoms with Gasteiger partial charge in [-0.15, -0.1) is 0 Å². The predicted molar refractivity (Wildman–Crippen MR) is 55.7 cm³/mol. The van der Waals surface area contributed by atoms with E-state index in [0.717, 1.165) is 11.1 Å². The summed E-state index contributed by atoms with van der Waals surface area (Å²) in [4.78, 5) is 0. The summed E-state index contributed by atoms with van der Waals surface area (Å²) in [5.74, 6) is -0.254. The highest BCUT2D eigenvalue weighted by Gasteiger charge is 1.99. The molecule has 0 unspecified atom stereocenters. The van der Waals surface area contributed by atoms with E-state index in [-0.39, 0.29) is 5.82 Å². The molecule has 0 bridgehead atoms. The zero-order valence-electron chi connectivity index (χ0n) is 7.30. The summed E-state index contributed by atoms with van der Waals surface area (Å²) in [6.45, 7) is 0. The molecule has 2 rings (SSSR count). The number of rotatable bonds is 1. The standard InChI is InChI=1S/C12H7ClF/c13-11-5-1-3-9(7-11)10-4-2-6-12(14)8-10/h1-2,4-8H. The largest absolute Gasteiger partial charge is 0.207 e. The van der Waals surface area contributed by atoms with Crippen LogP contribution in [0.15, 0.2) is 42.5 Å². The van der Waals surface area contributed by atoms with Gasteiger partial charge in [0, 0.05) is 5.02 Å². The average molecular weight is 206 g/mol. The van der Waals surface area contributed by atoms with Crippen LogP contribution >= 0.6 is 11.6 Å². The molecule has 0 heterocycles. The van der Waals surface area contributed by atoms with Gasteiger partial charge in [0.1, 0.15) is 5.82 Å². The minimum atomic E-state index is -0.254. The number of benzene rings is 2. The number of hydrogen-bond donors (Lipinski definition) is 0. The zero-order chi connectivity index (χ0) is 9.97. The Balaban J connectivity index is 2.49. The second-order valence-electron chi connectivity index (χ2n) is 2.93. The fourth-order valence-electron chi connectivity index (χ4n) is 1.26. The molecule has 0 aliphatic carbocycles. The summed E-state index contributed by atoms with van der Waals surface area (Å²) in [5, 5.41) is 0.628. The zero-order valence-corrected chi connectivity index (χ0v) is 8.05. The Bertz CT molecular complexity index is 408. The molecule has 0 amide bonds. The summed E-state index contributed by atoms with van der Waals surface area (Å²) in [6, 6.07) is 14.6. The highest BCUT2D eigenvalue weighted by atomic mass is 35.5.